The summed E-state index contributed by atoms with van der Waals surface area (Å²) in [6, 6.07) is -1.25. The first kappa shape index (κ1) is 9.29. The van der Waals surface area contributed by atoms with E-state index >= 15 is 0 Å². The van der Waals surface area contributed by atoms with Crippen LogP contribution in [0.5, 0.6) is 0 Å². The number of carboxylic acid groups (broad SMARTS) is 1. The maximum Gasteiger partial charge on any atom is 0.356 e. The van der Waals surface area contributed by atoms with Crippen molar-refractivity contribution in [1.29, 1.82) is 0 Å². The highest BCUT2D eigenvalue weighted by Crippen LogP contribution is 2.08. The largest absolute Gasteiger partial charge is 0.477 e. The van der Waals surface area contributed by atoms with Gasteiger partial charge in [-0.25, -0.2) is 9.59 Å². The fourth-order valence-corrected chi connectivity index (χ4v) is 0.696. The van der Waals surface area contributed by atoms with Crippen LogP contribution in [-0.4, -0.2) is 44.7 Å². The molecule has 1 rings (SSSR count). The van der Waals surface area contributed by atoms with Gasteiger partial charge in [0.25, 0.3) is 11.7 Å². The number of rotatable bonds is 1. The Balaban J connectivity index is 3.22. The summed E-state index contributed by atoms with van der Waals surface area (Å²) < 4.78 is 0. The van der Waals surface area contributed by atoms with E-state index in [1.807, 2.05) is 0 Å². The van der Waals surface area contributed by atoms with Crippen LogP contribution >= 0.6 is 0 Å². The Kier molecular flexibility index (Phi) is 1.86. The molecule has 0 fully saturated rings. The zero-order valence-electron chi connectivity index (χ0n) is 6.01. The molecule has 70 valence electrons. The number of urea groups is 1. The maximum absolute atomic E-state index is 10.7. The van der Waals surface area contributed by atoms with E-state index in [9.17, 15) is 14.4 Å². The van der Waals surface area contributed by atoms with Crippen LogP contribution in [0, 0.1) is 0 Å². The van der Waals surface area contributed by atoms with E-state index in [2.05, 4.69) is 4.99 Å². The van der Waals surface area contributed by atoms with Gasteiger partial charge < -0.3 is 15.3 Å². The van der Waals surface area contributed by atoms with E-state index in [0.717, 1.165) is 0 Å². The molecule has 13 heavy (non-hydrogen) atoms. The third kappa shape index (κ3) is 1.39. The van der Waals surface area contributed by atoms with Crippen LogP contribution < -0.4 is 5.32 Å². The van der Waals surface area contributed by atoms with Gasteiger partial charge in [-0.15, -0.1) is 0 Å². The minimum absolute atomic E-state index is 1.25. The van der Waals surface area contributed by atoms with Crippen molar-refractivity contribution in [2.24, 2.45) is 4.99 Å². The Morgan fingerprint density at radius 2 is 1.92 bits per heavy atom. The molecule has 1 heterocycles. The van der Waals surface area contributed by atoms with Crippen LogP contribution in [0.25, 0.3) is 0 Å². The van der Waals surface area contributed by atoms with Crippen LogP contribution in [0.15, 0.2) is 4.99 Å². The molecule has 1 aliphatic rings. The standard InChI is InChI=1S/C5H4N2O6/c8-2(9)1-5(12,13)3(10)7-4(11)6-1/h12-13H,(H,8,9)(H,7,10,11). The highest BCUT2D eigenvalue weighted by atomic mass is 16.5. The molecule has 1 aliphatic heterocycles. The summed E-state index contributed by atoms with van der Waals surface area (Å²) in [5.74, 6) is -6.65. The van der Waals surface area contributed by atoms with Crippen molar-refractivity contribution in [3.05, 3.63) is 0 Å². The second-order valence-electron chi connectivity index (χ2n) is 2.20. The third-order valence-corrected chi connectivity index (χ3v) is 1.28. The summed E-state index contributed by atoms with van der Waals surface area (Å²) in [7, 11) is 0. The SMILES string of the molecule is O=C1N=C(C(=O)O)C(O)(O)C(=O)N1. The Morgan fingerprint density at radius 3 is 2.38 bits per heavy atom. The molecule has 0 radical (unpaired) electrons. The fourth-order valence-electron chi connectivity index (χ4n) is 0.696. The normalized spacial score (nSPS) is 20.6. The molecule has 0 aromatic heterocycles. The second-order valence-corrected chi connectivity index (χ2v) is 2.20. The van der Waals surface area contributed by atoms with Gasteiger partial charge >= 0.3 is 12.0 Å². The second kappa shape index (κ2) is 2.61. The number of nitrogens with one attached hydrogen (secondary N) is 1. The molecular formula is C5H4N2O6. The van der Waals surface area contributed by atoms with Crippen molar-refractivity contribution in [1.82, 2.24) is 5.32 Å². The molecule has 0 unspecified atom stereocenters. The molecule has 0 saturated carbocycles. The number of aliphatic carboxylic acids is 1. The lowest BCUT2D eigenvalue weighted by molar-refractivity contribution is -0.164. The lowest BCUT2D eigenvalue weighted by Crippen LogP contribution is -2.59. The molecule has 0 aromatic carbocycles. The minimum Gasteiger partial charge on any atom is -0.477 e. The molecule has 4 N–H and O–H groups in total. The van der Waals surface area contributed by atoms with Crippen molar-refractivity contribution in [3.63, 3.8) is 0 Å². The number of carbonyl (C=O) groups is 3. The highest BCUT2D eigenvalue weighted by Gasteiger charge is 2.47. The van der Waals surface area contributed by atoms with Crippen molar-refractivity contribution in [3.8, 4) is 0 Å². The Morgan fingerprint density at radius 1 is 1.38 bits per heavy atom. The molecule has 0 saturated heterocycles. The van der Waals surface area contributed by atoms with Gasteiger partial charge in [-0.2, -0.15) is 4.99 Å². The number of hydrogen-bond donors (Lipinski definition) is 4. The zero-order chi connectivity index (χ0) is 10.2. The zero-order valence-corrected chi connectivity index (χ0v) is 6.01. The summed E-state index contributed by atoms with van der Waals surface area (Å²) in [6.45, 7) is 0. The monoisotopic (exact) mass is 188 g/mol. The number of carboxylic acids is 1. The molecule has 0 atom stereocenters. The molecule has 3 amide bonds. The van der Waals surface area contributed by atoms with Gasteiger partial charge in [0.15, 0.2) is 5.71 Å². The highest BCUT2D eigenvalue weighted by molar-refractivity contribution is 6.46. The van der Waals surface area contributed by atoms with Crippen LogP contribution in [0.2, 0.25) is 0 Å². The molecule has 0 spiro atoms. The third-order valence-electron chi connectivity index (χ3n) is 1.28. The van der Waals surface area contributed by atoms with Gasteiger partial charge in [-0.1, -0.05) is 0 Å². The van der Waals surface area contributed by atoms with Crippen molar-refractivity contribution < 1.29 is 29.7 Å². The lowest BCUT2D eigenvalue weighted by atomic mass is 10.1. The number of amides is 3. The smallest absolute Gasteiger partial charge is 0.356 e. The first-order valence-corrected chi connectivity index (χ1v) is 2.98. The molecule has 0 bridgehead atoms. The van der Waals surface area contributed by atoms with Crippen LogP contribution in [0.4, 0.5) is 4.79 Å². The number of hydrogen-bond acceptors (Lipinski definition) is 5. The summed E-state index contributed by atoms with van der Waals surface area (Å²) in [5.41, 5.74) is -1.32. The fraction of sp³-hybridized carbons (Fsp3) is 0.200. The Hall–Kier alpha value is -1.80. The minimum atomic E-state index is -3.26. The molecule has 0 aromatic rings. The molecular weight excluding hydrogens is 184 g/mol. The number of nitrogens with zero attached hydrogens (tertiary/aromatic N) is 1. The van der Waals surface area contributed by atoms with Gasteiger partial charge in [0.1, 0.15) is 0 Å². The Bertz CT molecular complexity index is 330. The van der Waals surface area contributed by atoms with Crippen LogP contribution in [0.3, 0.4) is 0 Å². The van der Waals surface area contributed by atoms with E-state index in [4.69, 9.17) is 15.3 Å². The quantitative estimate of drug-likeness (QED) is 0.334. The summed E-state index contributed by atoms with van der Waals surface area (Å²) in [6.07, 6.45) is 0. The van der Waals surface area contributed by atoms with Gasteiger partial charge in [0.05, 0.1) is 0 Å². The van der Waals surface area contributed by atoms with Crippen molar-refractivity contribution >= 4 is 23.6 Å². The van der Waals surface area contributed by atoms with Gasteiger partial charge in [-0.05, 0) is 0 Å². The summed E-state index contributed by atoms with van der Waals surface area (Å²) in [4.78, 5) is 34.1. The first-order chi connectivity index (χ1) is 5.85. The lowest BCUT2D eigenvalue weighted by Gasteiger charge is -2.22. The number of aliphatic hydroxyl groups is 2. The van der Waals surface area contributed by atoms with Crippen molar-refractivity contribution in [2.75, 3.05) is 0 Å². The van der Waals surface area contributed by atoms with Crippen LogP contribution in [0.1, 0.15) is 0 Å². The predicted octanol–water partition coefficient (Wildman–Crippen LogP) is -2.56. The molecule has 8 heteroatoms. The Labute approximate surface area is 70.5 Å². The number of imide groups is 1. The average molecular weight is 188 g/mol. The number of aliphatic imine (C=N–C) groups is 1. The van der Waals surface area contributed by atoms with Crippen molar-refractivity contribution in [2.45, 2.75) is 5.79 Å². The maximum atomic E-state index is 10.7. The van der Waals surface area contributed by atoms with E-state index in [-0.39, 0.29) is 0 Å². The van der Waals surface area contributed by atoms with E-state index in [1.54, 1.807) is 0 Å². The van der Waals surface area contributed by atoms with Gasteiger partial charge in [0, 0.05) is 0 Å². The van der Waals surface area contributed by atoms with E-state index in [1.165, 1.54) is 5.32 Å². The average Bonchev–Trinajstić information content (AvgIpc) is 1.96. The summed E-state index contributed by atoms with van der Waals surface area (Å²) >= 11 is 0. The first-order valence-electron chi connectivity index (χ1n) is 2.98. The number of carbonyl (C=O) groups excluding carboxylic acids is 2. The topological polar surface area (TPSA) is 136 Å². The van der Waals surface area contributed by atoms with Crippen LogP contribution in [-0.2, 0) is 9.59 Å². The molecule has 0 aliphatic carbocycles. The predicted molar refractivity (Wildman–Crippen MR) is 35.8 cm³/mol. The van der Waals surface area contributed by atoms with E-state index in [0.29, 0.717) is 0 Å². The summed E-state index contributed by atoms with van der Waals surface area (Å²) in [5, 5.41) is 27.5. The van der Waals surface area contributed by atoms with Gasteiger partial charge in [-0.3, -0.25) is 10.1 Å². The van der Waals surface area contributed by atoms with Gasteiger partial charge in [0.2, 0.25) is 0 Å². The van der Waals surface area contributed by atoms with E-state index < -0.39 is 29.4 Å². The molecule has 8 nitrogen and oxygen atoms in total.